The zero-order valence-electron chi connectivity index (χ0n) is 37.7. The largest absolute Gasteiger partial charge is 0.744 e. The van der Waals surface area contributed by atoms with E-state index in [2.05, 4.69) is 34.4 Å². The summed E-state index contributed by atoms with van der Waals surface area (Å²) in [5.74, 6) is 0.794. The van der Waals surface area contributed by atoms with Crippen LogP contribution in [-0.4, -0.2) is 47.7 Å². The lowest BCUT2D eigenvalue weighted by molar-refractivity contribution is -0.684. The Balaban J connectivity index is 0.000000319. The van der Waals surface area contributed by atoms with E-state index in [9.17, 15) is 35.5 Å². The summed E-state index contributed by atoms with van der Waals surface area (Å²) in [6.07, 6.45) is 5.59. The van der Waals surface area contributed by atoms with Gasteiger partial charge in [-0.05, 0) is 111 Å². The summed E-state index contributed by atoms with van der Waals surface area (Å²) in [5, 5.41) is 5.77. The van der Waals surface area contributed by atoms with Gasteiger partial charge < -0.3 is 31.2 Å². The van der Waals surface area contributed by atoms with Crippen molar-refractivity contribution in [2.24, 2.45) is 0 Å². The van der Waals surface area contributed by atoms with Gasteiger partial charge in [0.15, 0.2) is 0 Å². The summed E-state index contributed by atoms with van der Waals surface area (Å²) in [4.78, 5) is 34.0. The van der Waals surface area contributed by atoms with Gasteiger partial charge in [0.1, 0.15) is 20.2 Å². The zero-order chi connectivity index (χ0) is 49.8. The minimum Gasteiger partial charge on any atom is -0.744 e. The predicted octanol–water partition coefficient (Wildman–Crippen LogP) is 5.84. The molecule has 18 nitrogen and oxygen atoms in total. The van der Waals surface area contributed by atoms with E-state index in [0.29, 0.717) is 46.0 Å². The summed E-state index contributed by atoms with van der Waals surface area (Å²) >= 11 is 0. The van der Waals surface area contributed by atoms with Gasteiger partial charge in [0.25, 0.3) is 11.8 Å². The van der Waals surface area contributed by atoms with Crippen molar-refractivity contribution in [3.63, 3.8) is 0 Å². The number of nitrogens with two attached hydrogens (primary N) is 4. The molecule has 354 valence electrons. The van der Waals surface area contributed by atoms with Crippen LogP contribution in [0.3, 0.4) is 0 Å². The van der Waals surface area contributed by atoms with Gasteiger partial charge in [-0.15, -0.1) is 0 Å². The predicted molar refractivity (Wildman–Crippen MR) is 259 cm³/mol. The molecule has 7 aromatic rings. The quantitative estimate of drug-likeness (QED) is 0.0620. The number of anilines is 6. The van der Waals surface area contributed by atoms with Crippen LogP contribution in [0.1, 0.15) is 58.5 Å². The maximum Gasteiger partial charge on any atom is 0.391 e. The summed E-state index contributed by atoms with van der Waals surface area (Å²) in [5.41, 5.74) is 31.3. The van der Waals surface area contributed by atoms with Crippen LogP contribution in [0, 0.1) is 13.8 Å². The van der Waals surface area contributed by atoms with Gasteiger partial charge >= 0.3 is 11.9 Å². The summed E-state index contributed by atoms with van der Waals surface area (Å²) in [6.45, 7) is 9.22. The van der Waals surface area contributed by atoms with Crippen LogP contribution in [-0.2, 0) is 33.3 Å². The lowest BCUT2D eigenvalue weighted by Crippen LogP contribution is -2.38. The molecular weight excluding hydrogens is 909 g/mol. The molecule has 5 aromatic carbocycles. The monoisotopic (exact) mass is 960 g/mol. The molecule has 0 saturated heterocycles. The Morgan fingerprint density at radius 2 is 0.824 bits per heavy atom. The second-order valence-corrected chi connectivity index (χ2v) is 18.1. The normalized spacial score (nSPS) is 11.0. The molecule has 7 rings (SSSR count). The molecule has 2 amide bonds. The number of aryl methyl sites for hydroxylation is 4. The fraction of sp³-hybridized carbons (Fsp3) is 0.167. The molecule has 0 bridgehead atoms. The lowest BCUT2D eigenvalue weighted by atomic mass is 10.1. The van der Waals surface area contributed by atoms with E-state index in [1.54, 1.807) is 72.8 Å². The number of carbonyl (C=O) groups excluding carboxylic acids is 2. The smallest absolute Gasteiger partial charge is 0.391 e. The first kappa shape index (κ1) is 51.2. The summed E-state index contributed by atoms with van der Waals surface area (Å²) in [7, 11) is -8.54. The van der Waals surface area contributed by atoms with Crippen molar-refractivity contribution in [2.75, 3.05) is 33.6 Å². The molecule has 0 saturated carbocycles. The molecule has 2 aromatic heterocycles. The third-order valence-electron chi connectivity index (χ3n) is 10.0. The number of benzene rings is 5. The Hall–Kier alpha value is -7.78. The van der Waals surface area contributed by atoms with Crippen molar-refractivity contribution in [2.45, 2.75) is 63.4 Å². The first-order valence-electron chi connectivity index (χ1n) is 21.1. The Morgan fingerprint density at radius 3 is 1.10 bits per heavy atom. The molecule has 0 atom stereocenters. The number of amides is 2. The summed E-state index contributed by atoms with van der Waals surface area (Å²) in [6, 6.07) is 32.6. The molecule has 20 heteroatoms. The minimum absolute atomic E-state index is 0.178. The maximum absolute atomic E-state index is 12.9. The number of aromatic nitrogens is 4. The van der Waals surface area contributed by atoms with Crippen LogP contribution < -0.4 is 42.7 Å². The third kappa shape index (κ3) is 14.1. The van der Waals surface area contributed by atoms with E-state index in [1.165, 1.54) is 24.3 Å². The summed E-state index contributed by atoms with van der Waals surface area (Å²) < 4.78 is 66.1. The van der Waals surface area contributed by atoms with Crippen molar-refractivity contribution in [3.8, 4) is 22.3 Å². The first-order chi connectivity index (χ1) is 32.2. The molecule has 0 aliphatic heterocycles. The number of hydrogen-bond acceptors (Lipinski definition) is 14. The van der Waals surface area contributed by atoms with Crippen molar-refractivity contribution in [1.82, 2.24) is 9.97 Å². The SMILES string of the molecule is CCC[n+]1cc(-c2ccc(NC(=O)c3ccc(C(=O)Nc4ccc(-c5c[n+](CCC)c(N)nc5N)cc4)cc3)cc2)c(N)nc1N.Cc1ccc(S(=O)(=O)[O-])cc1.Cc1ccc(S(=O)(=O)[O-])cc1. The molecule has 0 unspecified atom stereocenters. The number of carbonyl (C=O) groups is 2. The molecule has 68 heavy (non-hydrogen) atoms. The molecule has 2 heterocycles. The zero-order valence-corrected chi connectivity index (χ0v) is 39.3. The van der Waals surface area contributed by atoms with Crippen LogP contribution >= 0.6 is 0 Å². The lowest BCUT2D eigenvalue weighted by Gasteiger charge is -2.10. The molecule has 0 fully saturated rings. The van der Waals surface area contributed by atoms with Crippen molar-refractivity contribution in [3.05, 3.63) is 156 Å². The second-order valence-electron chi connectivity index (χ2n) is 15.4. The number of nitrogens with zero attached hydrogens (tertiary/aromatic N) is 4. The van der Waals surface area contributed by atoms with Gasteiger partial charge in [-0.25, -0.2) is 26.0 Å². The molecule has 10 N–H and O–H groups in total. The van der Waals surface area contributed by atoms with Crippen LogP contribution in [0.15, 0.2) is 144 Å². The fourth-order valence-electron chi connectivity index (χ4n) is 6.41. The Labute approximate surface area is 395 Å². The van der Waals surface area contributed by atoms with Crippen LogP contribution in [0.2, 0.25) is 0 Å². The van der Waals surface area contributed by atoms with Gasteiger partial charge in [0.2, 0.25) is 11.6 Å². The topological polar surface area (TPSA) is 310 Å². The third-order valence-corrected chi connectivity index (χ3v) is 11.7. The van der Waals surface area contributed by atoms with E-state index >= 15 is 0 Å². The van der Waals surface area contributed by atoms with E-state index in [0.717, 1.165) is 59.3 Å². The Morgan fingerprint density at radius 1 is 0.515 bits per heavy atom. The van der Waals surface area contributed by atoms with Gasteiger partial charge in [0.05, 0.1) is 46.4 Å². The average Bonchev–Trinajstić information content (AvgIpc) is 3.29. The molecule has 0 radical (unpaired) electrons. The van der Waals surface area contributed by atoms with E-state index in [1.807, 2.05) is 59.6 Å². The molecule has 0 spiro atoms. The highest BCUT2D eigenvalue weighted by atomic mass is 32.2. The number of rotatable bonds is 12. The second kappa shape index (κ2) is 22.6. The van der Waals surface area contributed by atoms with Gasteiger partial charge in [-0.3, -0.25) is 21.1 Å². The van der Waals surface area contributed by atoms with Crippen molar-refractivity contribution < 1.29 is 44.7 Å². The molecule has 0 aliphatic carbocycles. The van der Waals surface area contributed by atoms with Crippen molar-refractivity contribution in [1.29, 1.82) is 0 Å². The Bertz CT molecular complexity index is 2890. The highest BCUT2D eigenvalue weighted by Crippen LogP contribution is 2.27. The minimum atomic E-state index is -4.27. The highest BCUT2D eigenvalue weighted by Gasteiger charge is 2.17. The number of nitrogens with one attached hydrogen (secondary N) is 2. The maximum atomic E-state index is 12.9. The molecule has 0 aliphatic rings. The van der Waals surface area contributed by atoms with E-state index in [4.69, 9.17) is 22.9 Å². The van der Waals surface area contributed by atoms with Crippen LogP contribution in [0.25, 0.3) is 22.3 Å². The first-order valence-corrected chi connectivity index (χ1v) is 23.9. The van der Waals surface area contributed by atoms with Gasteiger partial charge in [-0.2, -0.15) is 0 Å². The van der Waals surface area contributed by atoms with Crippen LogP contribution in [0.4, 0.5) is 34.9 Å². The highest BCUT2D eigenvalue weighted by molar-refractivity contribution is 7.86. The van der Waals surface area contributed by atoms with Gasteiger partial charge in [-0.1, -0.05) is 83.5 Å². The number of hydrogen-bond donors (Lipinski definition) is 6. The van der Waals surface area contributed by atoms with E-state index < -0.39 is 20.2 Å². The number of nitrogen functional groups attached to an aromatic ring is 4. The average molecular weight is 961 g/mol. The standard InChI is InChI=1S/C34H36N10O2.2C7H8O3S/c1-3-17-43-19-27(29(35)41-33(43)37)21-9-13-25(14-10-21)39-31(45)23-5-7-24(8-6-23)32(46)40-26-15-11-22(12-16-26)28-20-44(18-4-2)34(38)42-30(28)36;2*1-6-2-4-7(5-3-6)11(8,9)10/h5-16,19-20H,3-4,17-18H2,1-2H3,(H8,35,36,37,38,39,40,41,42,45,46);2*2-5H,1H3,(H,8,9,10). The van der Waals surface area contributed by atoms with Gasteiger partial charge in [0, 0.05) is 22.5 Å². The van der Waals surface area contributed by atoms with E-state index in [-0.39, 0.29) is 21.6 Å². The fourth-order valence-corrected chi connectivity index (χ4v) is 7.35. The van der Waals surface area contributed by atoms with Crippen molar-refractivity contribution >= 4 is 67.0 Å². The molecular formula is C48H52N10O8S2. The Kier molecular flexibility index (Phi) is 17.0. The van der Waals surface area contributed by atoms with Crippen LogP contribution in [0.5, 0.6) is 0 Å².